The summed E-state index contributed by atoms with van der Waals surface area (Å²) in [7, 11) is 1.39. The summed E-state index contributed by atoms with van der Waals surface area (Å²) in [5.41, 5.74) is 1.35. The Bertz CT molecular complexity index is 940. The molecule has 0 fully saturated rings. The molecule has 0 saturated carbocycles. The second-order valence-corrected chi connectivity index (χ2v) is 6.47. The quantitative estimate of drug-likeness (QED) is 0.434. The normalized spacial score (nSPS) is 10.2. The average Bonchev–Trinajstić information content (AvgIpc) is 2.66. The molecule has 0 heterocycles. The molecule has 0 aliphatic carbocycles. The van der Waals surface area contributed by atoms with E-state index in [-0.39, 0.29) is 17.8 Å². The molecule has 9 nitrogen and oxygen atoms in total. The van der Waals surface area contributed by atoms with Gasteiger partial charge in [0.2, 0.25) is 5.91 Å². The minimum Gasteiger partial charge on any atom is -0.452 e. The lowest BCUT2D eigenvalue weighted by atomic mass is 10.1. The molecule has 0 atom stereocenters. The Balaban J connectivity index is 1.90. The molecule has 2 aromatic rings. The third kappa shape index (κ3) is 5.86. The molecule has 0 radical (unpaired) electrons. The van der Waals surface area contributed by atoms with Crippen molar-refractivity contribution in [3.05, 3.63) is 69.3 Å². The number of anilines is 1. The molecule has 152 valence electrons. The molecule has 2 amide bonds. The van der Waals surface area contributed by atoms with Crippen LogP contribution in [0.4, 0.5) is 11.4 Å². The smallest absolute Gasteiger partial charge is 0.345 e. The van der Waals surface area contributed by atoms with Crippen molar-refractivity contribution in [2.24, 2.45) is 0 Å². The number of amides is 2. The van der Waals surface area contributed by atoms with Gasteiger partial charge in [-0.25, -0.2) is 4.79 Å². The van der Waals surface area contributed by atoms with Crippen molar-refractivity contribution in [3.8, 4) is 0 Å². The van der Waals surface area contributed by atoms with Crippen molar-refractivity contribution in [1.29, 1.82) is 0 Å². The van der Waals surface area contributed by atoms with E-state index in [0.29, 0.717) is 11.3 Å². The highest BCUT2D eigenvalue weighted by atomic mass is 16.6. The molecule has 0 saturated heterocycles. The van der Waals surface area contributed by atoms with Crippen LogP contribution in [0, 0.1) is 24.0 Å². The number of esters is 1. The highest BCUT2D eigenvalue weighted by Gasteiger charge is 2.24. The number of ether oxygens (including phenoxy) is 1. The maximum Gasteiger partial charge on any atom is 0.345 e. The number of para-hydroxylation sites is 1. The van der Waals surface area contributed by atoms with Gasteiger partial charge in [-0.2, -0.15) is 0 Å². The number of aryl methyl sites for hydroxylation is 2. The Hall–Kier alpha value is -3.75. The maximum atomic E-state index is 12.2. The summed E-state index contributed by atoms with van der Waals surface area (Å²) in [6, 6.07) is 11.4. The van der Waals surface area contributed by atoms with Crippen LogP contribution in [-0.4, -0.2) is 47.8 Å². The van der Waals surface area contributed by atoms with Crippen molar-refractivity contribution >= 4 is 29.2 Å². The number of benzene rings is 2. The molecule has 0 spiro atoms. The number of nitro groups is 1. The molecular formula is C20H21N3O6. The van der Waals surface area contributed by atoms with E-state index >= 15 is 0 Å². The predicted molar refractivity (Wildman–Crippen MR) is 106 cm³/mol. The Kier molecular flexibility index (Phi) is 7.02. The summed E-state index contributed by atoms with van der Waals surface area (Å²) in [4.78, 5) is 47.9. The molecule has 0 aliphatic rings. The molecule has 0 unspecified atom stereocenters. The highest BCUT2D eigenvalue weighted by molar-refractivity contribution is 5.97. The summed E-state index contributed by atoms with van der Waals surface area (Å²) < 4.78 is 4.90. The number of nitrogens with one attached hydrogen (secondary N) is 1. The monoisotopic (exact) mass is 399 g/mol. The van der Waals surface area contributed by atoms with Crippen LogP contribution in [0.15, 0.2) is 42.5 Å². The lowest BCUT2D eigenvalue weighted by molar-refractivity contribution is -0.385. The van der Waals surface area contributed by atoms with Crippen LogP contribution in [0.25, 0.3) is 0 Å². The summed E-state index contributed by atoms with van der Waals surface area (Å²) in [6.07, 6.45) is 0. The number of hydrogen-bond donors (Lipinski definition) is 1. The first-order valence-corrected chi connectivity index (χ1v) is 8.70. The van der Waals surface area contributed by atoms with Gasteiger partial charge in [0.15, 0.2) is 6.61 Å². The second-order valence-electron chi connectivity index (χ2n) is 6.47. The van der Waals surface area contributed by atoms with Gasteiger partial charge in [-0.1, -0.05) is 29.8 Å². The van der Waals surface area contributed by atoms with Crippen molar-refractivity contribution in [2.45, 2.75) is 13.8 Å². The van der Waals surface area contributed by atoms with Crippen LogP contribution in [0.1, 0.15) is 21.5 Å². The zero-order valence-corrected chi connectivity index (χ0v) is 16.3. The molecular weight excluding hydrogens is 378 g/mol. The molecule has 1 N–H and O–H groups in total. The van der Waals surface area contributed by atoms with E-state index in [1.807, 2.05) is 19.1 Å². The first kappa shape index (κ1) is 21.5. The van der Waals surface area contributed by atoms with Gasteiger partial charge in [0.1, 0.15) is 5.56 Å². The van der Waals surface area contributed by atoms with E-state index in [9.17, 15) is 24.5 Å². The number of hydrogen-bond acceptors (Lipinski definition) is 6. The molecule has 0 aromatic heterocycles. The number of likely N-dealkylation sites (N-methyl/N-ethyl adjacent to an activating group) is 1. The Labute approximate surface area is 167 Å². The average molecular weight is 399 g/mol. The van der Waals surface area contributed by atoms with Crippen molar-refractivity contribution < 1.29 is 24.0 Å². The van der Waals surface area contributed by atoms with E-state index < -0.39 is 29.3 Å². The number of carbonyl (C=O) groups is 3. The fourth-order valence-corrected chi connectivity index (χ4v) is 2.52. The van der Waals surface area contributed by atoms with E-state index in [4.69, 9.17) is 4.74 Å². The van der Waals surface area contributed by atoms with E-state index in [1.165, 1.54) is 32.2 Å². The number of nitrogens with zero attached hydrogens (tertiary/aromatic N) is 2. The SMILES string of the molecule is Cc1ccc(NC(=O)CN(C)C(=O)COC(=O)c2cccc(C)c2[N+](=O)[O-])cc1. The van der Waals surface area contributed by atoms with Gasteiger partial charge >= 0.3 is 5.97 Å². The highest BCUT2D eigenvalue weighted by Crippen LogP contribution is 2.23. The fourth-order valence-electron chi connectivity index (χ4n) is 2.52. The fraction of sp³-hybridized carbons (Fsp3) is 0.250. The van der Waals surface area contributed by atoms with Gasteiger partial charge in [-0.3, -0.25) is 19.7 Å². The Morgan fingerprint density at radius 3 is 2.38 bits per heavy atom. The Morgan fingerprint density at radius 2 is 1.76 bits per heavy atom. The topological polar surface area (TPSA) is 119 Å². The summed E-state index contributed by atoms with van der Waals surface area (Å²) in [6.45, 7) is 2.54. The number of carbonyl (C=O) groups excluding carboxylic acids is 3. The van der Waals surface area contributed by atoms with Gasteiger partial charge in [0, 0.05) is 18.3 Å². The van der Waals surface area contributed by atoms with E-state index in [0.717, 1.165) is 10.5 Å². The molecule has 0 aliphatic heterocycles. The largest absolute Gasteiger partial charge is 0.452 e. The summed E-state index contributed by atoms with van der Waals surface area (Å²) in [5, 5.41) is 13.8. The minimum absolute atomic E-state index is 0.234. The molecule has 2 aromatic carbocycles. The molecule has 0 bridgehead atoms. The first-order chi connectivity index (χ1) is 13.7. The van der Waals surface area contributed by atoms with Crippen LogP contribution in [-0.2, 0) is 14.3 Å². The summed E-state index contributed by atoms with van der Waals surface area (Å²) in [5.74, 6) is -2.01. The second kappa shape index (κ2) is 9.45. The van der Waals surface area contributed by atoms with Gasteiger partial charge < -0.3 is 15.0 Å². The molecule has 2 rings (SSSR count). The van der Waals surface area contributed by atoms with Gasteiger partial charge in [-0.15, -0.1) is 0 Å². The van der Waals surface area contributed by atoms with Crippen molar-refractivity contribution in [3.63, 3.8) is 0 Å². The van der Waals surface area contributed by atoms with Crippen LogP contribution in [0.2, 0.25) is 0 Å². The maximum absolute atomic E-state index is 12.2. The summed E-state index contributed by atoms with van der Waals surface area (Å²) >= 11 is 0. The van der Waals surface area contributed by atoms with Crippen molar-refractivity contribution in [2.75, 3.05) is 25.5 Å². The molecule has 29 heavy (non-hydrogen) atoms. The third-order valence-corrected chi connectivity index (χ3v) is 4.11. The van der Waals surface area contributed by atoms with Gasteiger partial charge in [-0.05, 0) is 32.0 Å². The van der Waals surface area contributed by atoms with Crippen LogP contribution < -0.4 is 5.32 Å². The first-order valence-electron chi connectivity index (χ1n) is 8.70. The zero-order chi connectivity index (χ0) is 21.6. The number of nitro benzene ring substituents is 1. The van der Waals surface area contributed by atoms with Gasteiger partial charge in [0.05, 0.1) is 11.5 Å². The van der Waals surface area contributed by atoms with Crippen LogP contribution in [0.3, 0.4) is 0 Å². The van der Waals surface area contributed by atoms with Crippen molar-refractivity contribution in [1.82, 2.24) is 4.90 Å². The number of rotatable bonds is 7. The van der Waals surface area contributed by atoms with E-state index in [2.05, 4.69) is 5.32 Å². The zero-order valence-electron chi connectivity index (χ0n) is 16.3. The van der Waals surface area contributed by atoms with Crippen LogP contribution >= 0.6 is 0 Å². The minimum atomic E-state index is -0.980. The van der Waals surface area contributed by atoms with Crippen LogP contribution in [0.5, 0.6) is 0 Å². The lowest BCUT2D eigenvalue weighted by Gasteiger charge is -2.17. The third-order valence-electron chi connectivity index (χ3n) is 4.11. The predicted octanol–water partition coefficient (Wildman–Crippen LogP) is 2.47. The Morgan fingerprint density at radius 1 is 1.10 bits per heavy atom. The molecule has 9 heteroatoms. The lowest BCUT2D eigenvalue weighted by Crippen LogP contribution is -2.37. The van der Waals surface area contributed by atoms with Gasteiger partial charge in [0.25, 0.3) is 11.6 Å². The van der Waals surface area contributed by atoms with E-state index in [1.54, 1.807) is 12.1 Å². The standard InChI is InChI=1S/C20H21N3O6/c1-13-7-9-15(10-8-13)21-17(24)11-22(3)18(25)12-29-20(26)16-6-4-5-14(2)19(16)23(27)28/h4-10H,11-12H2,1-3H3,(H,21,24).